The fourth-order valence-corrected chi connectivity index (χ4v) is 2.46. The largest absolute Gasteiger partial charge is 0.393 e. The molecular weight excluding hydrogens is 138 g/mol. The molecule has 0 aromatic heterocycles. The predicted octanol–water partition coefficient (Wildman–Crippen LogP) is 1.13. The molecule has 1 aliphatic rings. The smallest absolute Gasteiger partial charge is 0.0580 e. The van der Waals surface area contributed by atoms with Crippen molar-refractivity contribution in [1.82, 2.24) is 0 Å². The first-order valence-electron chi connectivity index (χ1n) is 4.30. The Balaban J connectivity index is 2.57. The van der Waals surface area contributed by atoms with Crippen molar-refractivity contribution in [2.45, 2.75) is 39.7 Å². The molecule has 1 atom stereocenters. The van der Waals surface area contributed by atoms with Crippen molar-refractivity contribution < 1.29 is 5.11 Å². The zero-order chi connectivity index (χ0) is 8.70. The third-order valence-electron chi connectivity index (χ3n) is 2.95. The number of aliphatic hydroxyl groups excluding tert-OH is 1. The summed E-state index contributed by atoms with van der Waals surface area (Å²) in [7, 11) is 0. The number of hydrogen-bond donors (Lipinski definition) is 2. The molecule has 2 nitrogen and oxygen atoms in total. The quantitative estimate of drug-likeness (QED) is 0.631. The summed E-state index contributed by atoms with van der Waals surface area (Å²) in [4.78, 5) is 0. The van der Waals surface area contributed by atoms with Gasteiger partial charge < -0.3 is 10.8 Å². The molecule has 1 unspecified atom stereocenters. The van der Waals surface area contributed by atoms with Crippen molar-refractivity contribution >= 4 is 0 Å². The lowest BCUT2D eigenvalue weighted by atomic mass is 9.52. The maximum absolute atomic E-state index is 9.47. The van der Waals surface area contributed by atoms with Crippen LogP contribution in [-0.4, -0.2) is 17.8 Å². The molecule has 1 aliphatic carbocycles. The molecule has 0 saturated heterocycles. The molecule has 1 fully saturated rings. The molecule has 0 aliphatic heterocycles. The van der Waals surface area contributed by atoms with Crippen LogP contribution in [0, 0.1) is 10.8 Å². The minimum atomic E-state index is -0.250. The van der Waals surface area contributed by atoms with Crippen LogP contribution in [0.2, 0.25) is 0 Å². The number of aliphatic hydroxyl groups is 1. The van der Waals surface area contributed by atoms with Gasteiger partial charge in [-0.3, -0.25) is 0 Å². The lowest BCUT2D eigenvalue weighted by Crippen LogP contribution is -2.54. The van der Waals surface area contributed by atoms with Gasteiger partial charge in [-0.1, -0.05) is 13.8 Å². The SMILES string of the molecule is CC(O)C1(CN)CC(C)(C)C1. The summed E-state index contributed by atoms with van der Waals surface area (Å²) >= 11 is 0. The summed E-state index contributed by atoms with van der Waals surface area (Å²) in [6.45, 7) is 6.92. The fourth-order valence-electron chi connectivity index (χ4n) is 2.46. The van der Waals surface area contributed by atoms with Gasteiger partial charge in [0.25, 0.3) is 0 Å². The second-order valence-electron chi connectivity index (χ2n) is 4.76. The first-order valence-corrected chi connectivity index (χ1v) is 4.30. The molecule has 11 heavy (non-hydrogen) atoms. The van der Waals surface area contributed by atoms with E-state index < -0.39 is 0 Å². The van der Waals surface area contributed by atoms with E-state index in [-0.39, 0.29) is 11.5 Å². The van der Waals surface area contributed by atoms with Gasteiger partial charge in [-0.25, -0.2) is 0 Å². The monoisotopic (exact) mass is 157 g/mol. The maximum atomic E-state index is 9.47. The standard InChI is InChI=1S/C9H19NO/c1-7(11)9(6-10)4-8(2,3)5-9/h7,11H,4-6,10H2,1-3H3. The Morgan fingerprint density at radius 1 is 1.45 bits per heavy atom. The van der Waals surface area contributed by atoms with Crippen LogP contribution in [0.1, 0.15) is 33.6 Å². The van der Waals surface area contributed by atoms with Crippen LogP contribution >= 0.6 is 0 Å². The molecule has 0 aromatic carbocycles. The van der Waals surface area contributed by atoms with Crippen LogP contribution in [0.15, 0.2) is 0 Å². The lowest BCUT2D eigenvalue weighted by Gasteiger charge is -2.54. The topological polar surface area (TPSA) is 46.2 Å². The van der Waals surface area contributed by atoms with Crippen LogP contribution in [0.25, 0.3) is 0 Å². The third-order valence-corrected chi connectivity index (χ3v) is 2.95. The fraction of sp³-hybridized carbons (Fsp3) is 1.00. The van der Waals surface area contributed by atoms with Crippen molar-refractivity contribution in [3.05, 3.63) is 0 Å². The summed E-state index contributed by atoms with van der Waals surface area (Å²) in [5.74, 6) is 0. The van der Waals surface area contributed by atoms with Crippen molar-refractivity contribution in [1.29, 1.82) is 0 Å². The normalized spacial score (nSPS) is 29.2. The van der Waals surface area contributed by atoms with Gasteiger partial charge in [-0.15, -0.1) is 0 Å². The third kappa shape index (κ3) is 1.42. The Bertz CT molecular complexity index is 144. The van der Waals surface area contributed by atoms with Crippen LogP contribution in [0.3, 0.4) is 0 Å². The summed E-state index contributed by atoms with van der Waals surface area (Å²) in [5, 5.41) is 9.47. The highest BCUT2D eigenvalue weighted by Gasteiger charge is 2.50. The molecule has 2 heteroatoms. The van der Waals surface area contributed by atoms with Gasteiger partial charge in [0.2, 0.25) is 0 Å². The molecule has 0 bridgehead atoms. The van der Waals surface area contributed by atoms with E-state index in [0.29, 0.717) is 12.0 Å². The molecule has 1 rings (SSSR count). The predicted molar refractivity (Wildman–Crippen MR) is 46.2 cm³/mol. The first-order chi connectivity index (χ1) is 4.92. The minimum Gasteiger partial charge on any atom is -0.393 e. The van der Waals surface area contributed by atoms with Gasteiger partial charge in [-0.2, -0.15) is 0 Å². The van der Waals surface area contributed by atoms with Crippen LogP contribution in [-0.2, 0) is 0 Å². The van der Waals surface area contributed by atoms with E-state index in [2.05, 4.69) is 13.8 Å². The Kier molecular flexibility index (Phi) is 2.01. The van der Waals surface area contributed by atoms with Crippen molar-refractivity contribution in [3.63, 3.8) is 0 Å². The molecule has 0 spiro atoms. The van der Waals surface area contributed by atoms with Crippen molar-refractivity contribution in [2.75, 3.05) is 6.54 Å². The van der Waals surface area contributed by atoms with Gasteiger partial charge >= 0.3 is 0 Å². The molecule has 0 heterocycles. The first kappa shape index (κ1) is 9.01. The molecule has 3 N–H and O–H groups in total. The van der Waals surface area contributed by atoms with Crippen molar-refractivity contribution in [3.8, 4) is 0 Å². The molecule has 0 radical (unpaired) electrons. The number of nitrogens with two attached hydrogens (primary N) is 1. The van der Waals surface area contributed by atoms with Gasteiger partial charge in [0.1, 0.15) is 0 Å². The van der Waals surface area contributed by atoms with Crippen LogP contribution < -0.4 is 5.73 Å². The highest BCUT2D eigenvalue weighted by molar-refractivity contribution is 5.02. The van der Waals surface area contributed by atoms with E-state index in [1.807, 2.05) is 6.92 Å². The van der Waals surface area contributed by atoms with Crippen LogP contribution in [0.5, 0.6) is 0 Å². The Morgan fingerprint density at radius 2 is 1.91 bits per heavy atom. The molecular formula is C9H19NO. The average molecular weight is 157 g/mol. The summed E-state index contributed by atoms with van der Waals surface area (Å²) in [6.07, 6.45) is 1.88. The van der Waals surface area contributed by atoms with E-state index in [0.717, 1.165) is 12.8 Å². The van der Waals surface area contributed by atoms with E-state index >= 15 is 0 Å². The van der Waals surface area contributed by atoms with Gasteiger partial charge in [0.15, 0.2) is 0 Å². The Morgan fingerprint density at radius 3 is 2.00 bits per heavy atom. The van der Waals surface area contributed by atoms with Gasteiger partial charge in [-0.05, 0) is 25.2 Å². The Labute approximate surface area is 68.8 Å². The zero-order valence-corrected chi connectivity index (χ0v) is 7.72. The Hall–Kier alpha value is -0.0800. The molecule has 0 amide bonds. The highest BCUT2D eigenvalue weighted by atomic mass is 16.3. The number of rotatable bonds is 2. The maximum Gasteiger partial charge on any atom is 0.0580 e. The van der Waals surface area contributed by atoms with Gasteiger partial charge in [0.05, 0.1) is 6.10 Å². The van der Waals surface area contributed by atoms with E-state index in [4.69, 9.17) is 5.73 Å². The average Bonchev–Trinajstić information content (AvgIpc) is 1.81. The van der Waals surface area contributed by atoms with E-state index in [1.165, 1.54) is 0 Å². The lowest BCUT2D eigenvalue weighted by molar-refractivity contribution is -0.0921. The summed E-state index contributed by atoms with van der Waals surface area (Å²) in [5.41, 5.74) is 6.06. The molecule has 1 saturated carbocycles. The summed E-state index contributed by atoms with van der Waals surface area (Å²) in [6, 6.07) is 0. The van der Waals surface area contributed by atoms with E-state index in [9.17, 15) is 5.11 Å². The molecule has 66 valence electrons. The minimum absolute atomic E-state index is 0.0312. The van der Waals surface area contributed by atoms with Crippen molar-refractivity contribution in [2.24, 2.45) is 16.6 Å². The number of hydrogen-bond acceptors (Lipinski definition) is 2. The highest BCUT2D eigenvalue weighted by Crippen LogP contribution is 2.55. The second-order valence-corrected chi connectivity index (χ2v) is 4.76. The van der Waals surface area contributed by atoms with E-state index in [1.54, 1.807) is 0 Å². The summed E-state index contributed by atoms with van der Waals surface area (Å²) < 4.78 is 0. The second kappa shape index (κ2) is 2.46. The molecule has 0 aromatic rings. The van der Waals surface area contributed by atoms with Crippen LogP contribution in [0.4, 0.5) is 0 Å². The van der Waals surface area contributed by atoms with Gasteiger partial charge in [0, 0.05) is 12.0 Å². The zero-order valence-electron chi connectivity index (χ0n) is 7.72.